The molecule has 3 aromatic rings. The van der Waals surface area contributed by atoms with E-state index in [2.05, 4.69) is 15.2 Å². The third-order valence-electron chi connectivity index (χ3n) is 6.40. The molecule has 4 aliphatic rings. The quantitative estimate of drug-likeness (QED) is 0.715. The van der Waals surface area contributed by atoms with Crippen LogP contribution in [0.4, 0.5) is 0 Å². The normalized spacial score (nSPS) is 34.2. The molecule has 5 nitrogen and oxygen atoms in total. The first-order valence-electron chi connectivity index (χ1n) is 8.92. The van der Waals surface area contributed by atoms with Crippen molar-refractivity contribution in [2.24, 2.45) is 17.8 Å². The predicted octanol–water partition coefficient (Wildman–Crippen LogP) is 3.72. The lowest BCUT2D eigenvalue weighted by molar-refractivity contribution is -0.00565. The first-order chi connectivity index (χ1) is 11.8. The molecule has 3 aromatic heterocycles. The van der Waals surface area contributed by atoms with Crippen LogP contribution in [-0.2, 0) is 5.41 Å². The van der Waals surface area contributed by atoms with Gasteiger partial charge in [-0.25, -0.2) is 0 Å². The van der Waals surface area contributed by atoms with Crippen LogP contribution in [0.2, 0.25) is 0 Å². The zero-order valence-corrected chi connectivity index (χ0v) is 14.2. The molecular weight excluding hydrogens is 318 g/mol. The molecule has 0 unspecified atom stereocenters. The second-order valence-corrected chi connectivity index (χ2v) is 9.02. The molecule has 4 saturated carbocycles. The lowest BCUT2D eigenvalue weighted by Gasteiger charge is -2.55. The van der Waals surface area contributed by atoms with Crippen molar-refractivity contribution in [3.63, 3.8) is 0 Å². The average Bonchev–Trinajstić information content (AvgIpc) is 3.15. The van der Waals surface area contributed by atoms with Crippen LogP contribution in [0.1, 0.15) is 43.5 Å². The fourth-order valence-electron chi connectivity index (χ4n) is 5.88. The summed E-state index contributed by atoms with van der Waals surface area (Å²) in [5.41, 5.74) is 1.30. The van der Waals surface area contributed by atoms with Crippen molar-refractivity contribution in [1.82, 2.24) is 24.8 Å². The fraction of sp³-hybridized carbons (Fsp3) is 0.556. The van der Waals surface area contributed by atoms with Gasteiger partial charge in [0.25, 0.3) is 0 Å². The number of nitrogens with zero attached hydrogens (tertiary/aromatic N) is 5. The molecule has 0 atom stereocenters. The van der Waals surface area contributed by atoms with Crippen molar-refractivity contribution >= 4 is 16.3 Å². The fourth-order valence-corrected chi connectivity index (χ4v) is 6.94. The highest BCUT2D eigenvalue weighted by Gasteiger charge is 2.53. The number of pyridine rings is 1. The van der Waals surface area contributed by atoms with Gasteiger partial charge in [-0.05, 0) is 68.4 Å². The summed E-state index contributed by atoms with van der Waals surface area (Å²) >= 11 is 1.76. The van der Waals surface area contributed by atoms with Crippen LogP contribution in [0.3, 0.4) is 0 Å². The topological polar surface area (TPSA) is 56.0 Å². The molecule has 0 radical (unpaired) electrons. The van der Waals surface area contributed by atoms with Crippen LogP contribution in [0.5, 0.6) is 0 Å². The molecular formula is C18H19N5S. The van der Waals surface area contributed by atoms with Crippen LogP contribution in [0, 0.1) is 17.8 Å². The molecule has 6 heteroatoms. The van der Waals surface area contributed by atoms with Gasteiger partial charge < -0.3 is 0 Å². The second kappa shape index (κ2) is 4.63. The van der Waals surface area contributed by atoms with Crippen molar-refractivity contribution in [1.29, 1.82) is 0 Å². The summed E-state index contributed by atoms with van der Waals surface area (Å²) in [6.07, 6.45) is 12.0. The molecule has 24 heavy (non-hydrogen) atoms. The van der Waals surface area contributed by atoms with Crippen molar-refractivity contribution in [3.8, 4) is 11.4 Å². The molecule has 3 heterocycles. The largest absolute Gasteiger partial charge is 0.264 e. The van der Waals surface area contributed by atoms with E-state index in [1.165, 1.54) is 43.5 Å². The minimum atomic E-state index is 0.326. The Morgan fingerprint density at radius 3 is 2.46 bits per heavy atom. The second-order valence-electron chi connectivity index (χ2n) is 8.06. The lowest BCUT2D eigenvalue weighted by Crippen LogP contribution is -2.48. The Kier molecular flexibility index (Phi) is 2.60. The van der Waals surface area contributed by atoms with Gasteiger partial charge in [-0.15, -0.1) is 10.2 Å². The molecule has 122 valence electrons. The Labute approximate surface area is 144 Å². The van der Waals surface area contributed by atoms with Crippen LogP contribution in [-0.4, -0.2) is 24.8 Å². The van der Waals surface area contributed by atoms with E-state index < -0.39 is 0 Å². The van der Waals surface area contributed by atoms with E-state index in [-0.39, 0.29) is 0 Å². The first kappa shape index (κ1) is 13.5. The molecule has 0 aromatic carbocycles. The average molecular weight is 337 g/mol. The van der Waals surface area contributed by atoms with Crippen molar-refractivity contribution in [3.05, 3.63) is 29.5 Å². The van der Waals surface area contributed by atoms with Gasteiger partial charge >= 0.3 is 0 Å². The summed E-state index contributed by atoms with van der Waals surface area (Å²) in [5, 5.41) is 15.0. The zero-order valence-electron chi connectivity index (χ0n) is 13.4. The number of rotatable bonds is 2. The van der Waals surface area contributed by atoms with Crippen molar-refractivity contribution in [2.75, 3.05) is 0 Å². The van der Waals surface area contributed by atoms with Gasteiger partial charge in [-0.2, -0.15) is 9.61 Å². The number of hydrogen-bond acceptors (Lipinski definition) is 5. The van der Waals surface area contributed by atoms with E-state index in [0.717, 1.165) is 34.1 Å². The molecule has 0 amide bonds. The predicted molar refractivity (Wildman–Crippen MR) is 91.7 cm³/mol. The van der Waals surface area contributed by atoms with Crippen LogP contribution in [0.15, 0.2) is 24.5 Å². The maximum Gasteiger partial charge on any atom is 0.234 e. The lowest BCUT2D eigenvalue weighted by atomic mass is 9.50. The van der Waals surface area contributed by atoms with E-state index in [1.807, 2.05) is 22.8 Å². The standard InChI is InChI=1S/C18H19N5S/c1-2-14(10-19-3-1)15-20-21-17-23(15)22-16(24-17)18-7-11-4-12(8-18)6-13(5-11)9-18/h1-3,10-13H,4-9H2. The number of aromatic nitrogens is 5. The highest BCUT2D eigenvalue weighted by molar-refractivity contribution is 7.16. The molecule has 4 aliphatic carbocycles. The molecule has 4 bridgehead atoms. The number of fused-ring (bicyclic) bond motifs is 1. The van der Waals surface area contributed by atoms with E-state index in [1.54, 1.807) is 17.5 Å². The van der Waals surface area contributed by atoms with Gasteiger partial charge in [-0.3, -0.25) is 4.98 Å². The van der Waals surface area contributed by atoms with Gasteiger partial charge in [0.2, 0.25) is 4.96 Å². The SMILES string of the molecule is c1cncc(-c2nnc3sc(C45CC6CC(CC(C6)C4)C5)nn23)c1. The monoisotopic (exact) mass is 337 g/mol. The Bertz CT molecular complexity index is 877. The summed E-state index contributed by atoms with van der Waals surface area (Å²) in [4.78, 5) is 5.12. The molecule has 7 rings (SSSR count). The molecule has 0 spiro atoms. The Balaban J connectivity index is 1.47. The Morgan fingerprint density at radius 1 is 1.04 bits per heavy atom. The van der Waals surface area contributed by atoms with Gasteiger partial charge in [0.15, 0.2) is 5.82 Å². The first-order valence-corrected chi connectivity index (χ1v) is 9.74. The van der Waals surface area contributed by atoms with Gasteiger partial charge in [0.05, 0.1) is 0 Å². The smallest absolute Gasteiger partial charge is 0.234 e. The van der Waals surface area contributed by atoms with Gasteiger partial charge in [0.1, 0.15) is 5.01 Å². The minimum Gasteiger partial charge on any atom is -0.264 e. The van der Waals surface area contributed by atoms with Gasteiger partial charge in [0, 0.05) is 23.4 Å². The van der Waals surface area contributed by atoms with E-state index >= 15 is 0 Å². The van der Waals surface area contributed by atoms with E-state index in [0.29, 0.717) is 5.41 Å². The van der Waals surface area contributed by atoms with Crippen LogP contribution in [0.25, 0.3) is 16.3 Å². The Morgan fingerprint density at radius 2 is 1.79 bits per heavy atom. The van der Waals surface area contributed by atoms with E-state index in [4.69, 9.17) is 5.10 Å². The van der Waals surface area contributed by atoms with Gasteiger partial charge in [-0.1, -0.05) is 11.3 Å². The third kappa shape index (κ3) is 1.80. The summed E-state index contributed by atoms with van der Waals surface area (Å²) in [6, 6.07) is 3.95. The summed E-state index contributed by atoms with van der Waals surface area (Å²) in [5.74, 6) is 3.61. The number of hydrogen-bond donors (Lipinski definition) is 0. The minimum absolute atomic E-state index is 0.326. The third-order valence-corrected chi connectivity index (χ3v) is 7.55. The highest BCUT2D eigenvalue weighted by atomic mass is 32.1. The maximum atomic E-state index is 5.02. The molecule has 4 fully saturated rings. The molecule has 0 N–H and O–H groups in total. The van der Waals surface area contributed by atoms with Crippen LogP contribution < -0.4 is 0 Å². The van der Waals surface area contributed by atoms with Crippen LogP contribution >= 0.6 is 11.3 Å². The summed E-state index contributed by atoms with van der Waals surface area (Å²) in [6.45, 7) is 0. The van der Waals surface area contributed by atoms with Crippen molar-refractivity contribution < 1.29 is 0 Å². The molecule has 0 saturated heterocycles. The maximum absolute atomic E-state index is 5.02. The molecule has 0 aliphatic heterocycles. The van der Waals surface area contributed by atoms with Crippen molar-refractivity contribution in [2.45, 2.75) is 43.9 Å². The zero-order chi connectivity index (χ0) is 15.7. The summed E-state index contributed by atoms with van der Waals surface area (Å²) in [7, 11) is 0. The van der Waals surface area contributed by atoms with E-state index in [9.17, 15) is 0 Å². The summed E-state index contributed by atoms with van der Waals surface area (Å²) < 4.78 is 1.94. The highest BCUT2D eigenvalue weighted by Crippen LogP contribution is 2.61. The Hall–Kier alpha value is -1.82.